The van der Waals surface area contributed by atoms with Gasteiger partial charge in [-0.05, 0) is 31.5 Å². The van der Waals surface area contributed by atoms with Gasteiger partial charge in [-0.2, -0.15) is 0 Å². The molecule has 1 fully saturated rings. The summed E-state index contributed by atoms with van der Waals surface area (Å²) in [5.74, 6) is 0.743. The molecule has 2 rings (SSSR count). The monoisotopic (exact) mass is 277 g/mol. The molecule has 1 heterocycles. The van der Waals surface area contributed by atoms with Crippen LogP contribution in [0.4, 0.5) is 10.5 Å². The topological polar surface area (TPSA) is 53.6 Å². The normalized spacial score (nSPS) is 18.7. The number of benzene rings is 1. The molecule has 1 aromatic carbocycles. The molecule has 20 heavy (non-hydrogen) atoms. The number of nitrogens with one attached hydrogen (secondary N) is 2. The number of carbonyl (C=O) groups is 1. The van der Waals surface area contributed by atoms with E-state index in [1.807, 2.05) is 29.2 Å². The molecule has 1 unspecified atom stereocenters. The van der Waals surface area contributed by atoms with Crippen LogP contribution in [0.3, 0.4) is 0 Å². The number of likely N-dealkylation sites (tertiary alicyclic amines) is 1. The summed E-state index contributed by atoms with van der Waals surface area (Å²) < 4.78 is 5.16. The van der Waals surface area contributed by atoms with Crippen LogP contribution in [0.25, 0.3) is 0 Å². The first kappa shape index (κ1) is 14.7. The molecule has 0 spiro atoms. The third-order valence-electron chi connectivity index (χ3n) is 3.52. The van der Waals surface area contributed by atoms with Crippen LogP contribution < -0.4 is 15.4 Å². The number of methoxy groups -OCH3 is 1. The molecule has 5 heteroatoms. The van der Waals surface area contributed by atoms with E-state index in [2.05, 4.69) is 17.6 Å². The molecule has 0 aromatic heterocycles. The number of anilines is 1. The largest absolute Gasteiger partial charge is 0.497 e. The molecule has 1 saturated heterocycles. The fourth-order valence-corrected chi connectivity index (χ4v) is 2.52. The highest BCUT2D eigenvalue weighted by atomic mass is 16.5. The van der Waals surface area contributed by atoms with Gasteiger partial charge in [0, 0.05) is 30.9 Å². The molecule has 5 nitrogen and oxygen atoms in total. The van der Waals surface area contributed by atoms with Crippen LogP contribution >= 0.6 is 0 Å². The van der Waals surface area contributed by atoms with Crippen molar-refractivity contribution >= 4 is 11.7 Å². The average Bonchev–Trinajstić information content (AvgIpc) is 2.48. The Morgan fingerprint density at radius 3 is 3.10 bits per heavy atom. The van der Waals surface area contributed by atoms with E-state index in [9.17, 15) is 4.79 Å². The van der Waals surface area contributed by atoms with Crippen molar-refractivity contribution in [3.05, 3.63) is 24.3 Å². The lowest BCUT2D eigenvalue weighted by Crippen LogP contribution is -2.49. The van der Waals surface area contributed by atoms with Crippen molar-refractivity contribution in [2.45, 2.75) is 25.8 Å². The van der Waals surface area contributed by atoms with Gasteiger partial charge in [0.1, 0.15) is 5.75 Å². The second kappa shape index (κ2) is 7.14. The van der Waals surface area contributed by atoms with Crippen molar-refractivity contribution in [3.63, 3.8) is 0 Å². The van der Waals surface area contributed by atoms with Gasteiger partial charge in [0.25, 0.3) is 0 Å². The number of amides is 2. The summed E-state index contributed by atoms with van der Waals surface area (Å²) in [6.45, 7) is 4.62. The molecule has 1 aliphatic rings. The van der Waals surface area contributed by atoms with Gasteiger partial charge in [-0.3, -0.25) is 0 Å². The van der Waals surface area contributed by atoms with E-state index in [1.54, 1.807) is 7.11 Å². The Labute approximate surface area is 120 Å². The second-order valence-electron chi connectivity index (χ2n) is 5.00. The van der Waals surface area contributed by atoms with Crippen LogP contribution in [0.1, 0.15) is 19.8 Å². The number of rotatable bonds is 4. The number of urea groups is 1. The highest BCUT2D eigenvalue weighted by Gasteiger charge is 2.22. The van der Waals surface area contributed by atoms with E-state index in [-0.39, 0.29) is 6.03 Å². The second-order valence-corrected chi connectivity index (χ2v) is 5.00. The lowest BCUT2D eigenvalue weighted by molar-refractivity contribution is 0.186. The predicted molar refractivity (Wildman–Crippen MR) is 80.3 cm³/mol. The lowest BCUT2D eigenvalue weighted by Gasteiger charge is -2.33. The Kier molecular flexibility index (Phi) is 5.24. The molecule has 0 aliphatic carbocycles. The molecule has 110 valence electrons. The number of carbonyl (C=O) groups excluding carboxylic acids is 1. The van der Waals surface area contributed by atoms with Crippen molar-refractivity contribution in [2.24, 2.45) is 0 Å². The summed E-state index contributed by atoms with van der Waals surface area (Å²) in [6, 6.07) is 7.78. The molecule has 0 radical (unpaired) electrons. The Balaban J connectivity index is 1.93. The Morgan fingerprint density at radius 2 is 2.35 bits per heavy atom. The van der Waals surface area contributed by atoms with Gasteiger partial charge in [-0.15, -0.1) is 0 Å². The maximum atomic E-state index is 12.3. The zero-order valence-electron chi connectivity index (χ0n) is 12.2. The van der Waals surface area contributed by atoms with Gasteiger partial charge < -0.3 is 20.3 Å². The SMILES string of the molecule is CCNC1CCCN(C(=O)Nc2cccc(OC)c2)C1. The van der Waals surface area contributed by atoms with Crippen molar-refractivity contribution in [3.8, 4) is 5.75 Å². The number of likely N-dealkylation sites (N-methyl/N-ethyl adjacent to an activating group) is 1. The molecule has 1 aliphatic heterocycles. The fourth-order valence-electron chi connectivity index (χ4n) is 2.52. The summed E-state index contributed by atoms with van der Waals surface area (Å²) in [7, 11) is 1.62. The van der Waals surface area contributed by atoms with Crippen molar-refractivity contribution in [1.82, 2.24) is 10.2 Å². The first-order valence-electron chi connectivity index (χ1n) is 7.16. The van der Waals surface area contributed by atoms with E-state index in [4.69, 9.17) is 4.74 Å². The molecule has 1 aromatic rings. The highest BCUT2D eigenvalue weighted by molar-refractivity contribution is 5.89. The van der Waals surface area contributed by atoms with Crippen molar-refractivity contribution in [1.29, 1.82) is 0 Å². The maximum absolute atomic E-state index is 12.3. The number of nitrogens with zero attached hydrogens (tertiary/aromatic N) is 1. The molecule has 2 N–H and O–H groups in total. The zero-order valence-corrected chi connectivity index (χ0v) is 12.2. The molecule has 0 saturated carbocycles. The van der Waals surface area contributed by atoms with Gasteiger partial charge in [0.05, 0.1) is 7.11 Å². The number of hydrogen-bond acceptors (Lipinski definition) is 3. The highest BCUT2D eigenvalue weighted by Crippen LogP contribution is 2.18. The maximum Gasteiger partial charge on any atom is 0.321 e. The van der Waals surface area contributed by atoms with Crippen LogP contribution in [0, 0.1) is 0 Å². The van der Waals surface area contributed by atoms with E-state index >= 15 is 0 Å². The number of ether oxygens (including phenoxy) is 1. The van der Waals surface area contributed by atoms with Crippen LogP contribution in [0.15, 0.2) is 24.3 Å². The summed E-state index contributed by atoms with van der Waals surface area (Å²) >= 11 is 0. The number of hydrogen-bond donors (Lipinski definition) is 2. The predicted octanol–water partition coefficient (Wildman–Crippen LogP) is 2.30. The van der Waals surface area contributed by atoms with Crippen LogP contribution in [-0.2, 0) is 0 Å². The van der Waals surface area contributed by atoms with E-state index in [1.165, 1.54) is 0 Å². The smallest absolute Gasteiger partial charge is 0.321 e. The van der Waals surface area contributed by atoms with E-state index in [0.29, 0.717) is 6.04 Å². The van der Waals surface area contributed by atoms with Crippen molar-refractivity contribution < 1.29 is 9.53 Å². The molecule has 2 amide bonds. The van der Waals surface area contributed by atoms with Crippen LogP contribution in [0.2, 0.25) is 0 Å². The molecular formula is C15H23N3O2. The van der Waals surface area contributed by atoms with E-state index in [0.717, 1.165) is 43.9 Å². The minimum atomic E-state index is -0.0409. The first-order valence-corrected chi connectivity index (χ1v) is 7.16. The summed E-state index contributed by atoms with van der Waals surface area (Å²) in [4.78, 5) is 14.1. The number of piperidine rings is 1. The minimum absolute atomic E-state index is 0.0409. The third-order valence-corrected chi connectivity index (χ3v) is 3.52. The molecular weight excluding hydrogens is 254 g/mol. The Bertz CT molecular complexity index is 448. The Hall–Kier alpha value is -1.75. The summed E-state index contributed by atoms with van der Waals surface area (Å²) in [5.41, 5.74) is 0.764. The van der Waals surface area contributed by atoms with Crippen LogP contribution in [0.5, 0.6) is 5.75 Å². The van der Waals surface area contributed by atoms with Gasteiger partial charge in [-0.25, -0.2) is 4.79 Å². The standard InChI is InChI=1S/C15H23N3O2/c1-3-16-13-7-5-9-18(11-13)15(19)17-12-6-4-8-14(10-12)20-2/h4,6,8,10,13,16H,3,5,7,9,11H2,1-2H3,(H,17,19). The first-order chi connectivity index (χ1) is 9.72. The quantitative estimate of drug-likeness (QED) is 0.888. The molecule has 0 bridgehead atoms. The van der Waals surface area contributed by atoms with Crippen molar-refractivity contribution in [2.75, 3.05) is 32.1 Å². The zero-order chi connectivity index (χ0) is 14.4. The summed E-state index contributed by atoms with van der Waals surface area (Å²) in [5, 5.41) is 6.34. The lowest BCUT2D eigenvalue weighted by atomic mass is 10.1. The third kappa shape index (κ3) is 3.87. The van der Waals surface area contributed by atoms with Gasteiger partial charge in [-0.1, -0.05) is 13.0 Å². The molecule has 1 atom stereocenters. The average molecular weight is 277 g/mol. The summed E-state index contributed by atoms with van der Waals surface area (Å²) in [6.07, 6.45) is 2.18. The van der Waals surface area contributed by atoms with Crippen LogP contribution in [-0.4, -0.2) is 43.7 Å². The Morgan fingerprint density at radius 1 is 1.50 bits per heavy atom. The van der Waals surface area contributed by atoms with Gasteiger partial charge in [0.2, 0.25) is 0 Å². The minimum Gasteiger partial charge on any atom is -0.497 e. The van der Waals surface area contributed by atoms with Gasteiger partial charge in [0.15, 0.2) is 0 Å². The van der Waals surface area contributed by atoms with Gasteiger partial charge >= 0.3 is 6.03 Å². The fraction of sp³-hybridized carbons (Fsp3) is 0.533. The van der Waals surface area contributed by atoms with E-state index < -0.39 is 0 Å².